The third kappa shape index (κ3) is 2.04. The zero-order valence-corrected chi connectivity index (χ0v) is 10.2. The van der Waals surface area contributed by atoms with Crippen LogP contribution in [0.1, 0.15) is 0 Å². The molecule has 0 aromatic carbocycles. The van der Waals surface area contributed by atoms with Crippen LogP contribution < -0.4 is 0 Å². The molecule has 1 atom stereocenters. The molecular weight excluding hydrogens is 152 g/mol. The lowest BCUT2D eigenvalue weighted by molar-refractivity contribution is 0.418. The fraction of sp³-hybridized carbons (Fsp3) is 1.00. The summed E-state index contributed by atoms with van der Waals surface area (Å²) in [5, 5.41) is 0. The van der Waals surface area contributed by atoms with E-state index in [1.54, 1.807) is 0 Å². The first kappa shape index (κ1) is 5.96. The van der Waals surface area contributed by atoms with Crippen molar-refractivity contribution in [3.05, 3.63) is 0 Å². The molecule has 0 spiro atoms. The number of hydrogen-bond acceptors (Lipinski definition) is 1. The number of hydrogen-bond donors (Lipinski definition) is 0. The summed E-state index contributed by atoms with van der Waals surface area (Å²) < 4.78 is 5.48. The molecule has 0 amide bonds. The highest BCUT2D eigenvalue weighted by Gasteiger charge is 2.09. The van der Waals surface area contributed by atoms with Gasteiger partial charge in [-0.3, -0.25) is 0 Å². The van der Waals surface area contributed by atoms with Crippen LogP contribution in [0.15, 0.2) is 0 Å². The minimum Gasteiger partial charge on any atom is -0.432 e. The molecule has 0 aliphatic carbocycles. The third-order valence-corrected chi connectivity index (χ3v) is 37.7. The zero-order valence-electron chi connectivity index (χ0n) is 4.81. The van der Waals surface area contributed by atoms with Gasteiger partial charge in [0.05, 0.1) is 0 Å². The normalized spacial score (nSPS) is 43.3. The first-order chi connectivity index (χ1) is 3.39. The van der Waals surface area contributed by atoms with Gasteiger partial charge in [0.25, 0.3) is 0 Å². The average Bonchev–Trinajstić information content (AvgIpc) is 1.69. The average molecular weight is 164 g/mol. The first-order valence-electron chi connectivity index (χ1n) is 2.97. The van der Waals surface area contributed by atoms with E-state index in [1.807, 2.05) is 0 Å². The molecule has 5 heteroatoms. The number of rotatable bonds is 0. The van der Waals surface area contributed by atoms with Crippen LogP contribution in [-0.4, -0.2) is 40.9 Å². The minimum absolute atomic E-state index is 0.0814. The van der Waals surface area contributed by atoms with E-state index in [-0.39, 0.29) is 17.6 Å². The maximum atomic E-state index is 5.48. The molecule has 42 valence electrons. The van der Waals surface area contributed by atoms with Crippen LogP contribution in [0.25, 0.3) is 0 Å². The monoisotopic (exact) mass is 164 g/mol. The molecule has 1 unspecified atom stereocenters. The Balaban J connectivity index is 2.12. The van der Waals surface area contributed by atoms with E-state index in [9.17, 15) is 0 Å². The molecule has 1 saturated heterocycles. The lowest BCUT2D eigenvalue weighted by Gasteiger charge is -2.14. The van der Waals surface area contributed by atoms with E-state index in [1.165, 1.54) is 6.23 Å². The molecule has 0 N–H and O–H groups in total. The SMILES string of the molecule is C[SiH]1CO[SiH2][SiH2][SiH2]1. The highest BCUT2D eigenvalue weighted by Crippen LogP contribution is 1.84. The minimum atomic E-state index is -0.0814. The molecule has 0 radical (unpaired) electrons. The Hall–Kier alpha value is 0.828. The molecule has 7 heavy (non-hydrogen) atoms. The van der Waals surface area contributed by atoms with Gasteiger partial charge in [-0.1, -0.05) is 6.55 Å². The van der Waals surface area contributed by atoms with Crippen LogP contribution in [-0.2, 0) is 4.43 Å². The molecule has 0 saturated carbocycles. The molecule has 1 fully saturated rings. The van der Waals surface area contributed by atoms with Crippen molar-refractivity contribution >= 4 is 34.7 Å². The largest absolute Gasteiger partial charge is 0.432 e. The predicted molar refractivity (Wildman–Crippen MR) is 44.6 cm³/mol. The van der Waals surface area contributed by atoms with Crippen LogP contribution in [0.4, 0.5) is 0 Å². The van der Waals surface area contributed by atoms with Crippen molar-refractivity contribution in [1.82, 2.24) is 0 Å². The molecule has 0 aromatic rings. The van der Waals surface area contributed by atoms with Gasteiger partial charge in [-0.05, 0) is 0 Å². The van der Waals surface area contributed by atoms with Gasteiger partial charge in [0.15, 0.2) is 0 Å². The highest BCUT2D eigenvalue weighted by atomic mass is 29.7. The van der Waals surface area contributed by atoms with Gasteiger partial charge in [-0.25, -0.2) is 0 Å². The van der Waals surface area contributed by atoms with E-state index in [4.69, 9.17) is 4.43 Å². The molecule has 1 heterocycles. The molecule has 1 aliphatic rings. The van der Waals surface area contributed by atoms with E-state index < -0.39 is 0 Å². The quantitative estimate of drug-likeness (QED) is 0.351. The Morgan fingerprint density at radius 2 is 2.57 bits per heavy atom. The summed E-state index contributed by atoms with van der Waals surface area (Å²) in [6.07, 6.45) is 1.28. The zero-order chi connectivity index (χ0) is 5.11. The van der Waals surface area contributed by atoms with Crippen LogP contribution in [0.2, 0.25) is 6.55 Å². The second kappa shape index (κ2) is 2.98. The van der Waals surface area contributed by atoms with Crippen LogP contribution in [0.3, 0.4) is 0 Å². The lowest BCUT2D eigenvalue weighted by Crippen LogP contribution is -2.39. The van der Waals surface area contributed by atoms with Crippen LogP contribution in [0.5, 0.6) is 0 Å². The van der Waals surface area contributed by atoms with E-state index >= 15 is 0 Å². The first-order valence-corrected chi connectivity index (χ1v) is 16.8. The summed E-state index contributed by atoms with van der Waals surface area (Å²) in [6, 6.07) is 0. The third-order valence-electron chi connectivity index (χ3n) is 1.39. The Bertz CT molecular complexity index is 51.7. The Morgan fingerprint density at radius 1 is 1.71 bits per heavy atom. The fourth-order valence-electron chi connectivity index (χ4n) is 0.902. The van der Waals surface area contributed by atoms with E-state index in [2.05, 4.69) is 6.55 Å². The van der Waals surface area contributed by atoms with Gasteiger partial charge < -0.3 is 4.43 Å². The van der Waals surface area contributed by atoms with Crippen LogP contribution in [0, 0.1) is 0 Å². The Kier molecular flexibility index (Phi) is 2.53. The van der Waals surface area contributed by atoms with Crippen molar-refractivity contribution in [3.63, 3.8) is 0 Å². The van der Waals surface area contributed by atoms with Crippen molar-refractivity contribution in [3.8, 4) is 0 Å². The predicted octanol–water partition coefficient (Wildman–Crippen LogP) is -2.84. The summed E-state index contributed by atoms with van der Waals surface area (Å²) >= 11 is 0. The molecular formula is C2H12OSi4. The topological polar surface area (TPSA) is 9.23 Å². The molecule has 0 aromatic heterocycles. The molecule has 1 nitrogen and oxygen atoms in total. The maximum Gasteiger partial charge on any atom is 0.139 e. The van der Waals surface area contributed by atoms with Gasteiger partial charge in [-0.15, -0.1) is 0 Å². The Labute approximate surface area is 52.4 Å². The highest BCUT2D eigenvalue weighted by molar-refractivity contribution is 7.48. The summed E-state index contributed by atoms with van der Waals surface area (Å²) in [5.41, 5.74) is 0. The Morgan fingerprint density at radius 3 is 2.86 bits per heavy atom. The van der Waals surface area contributed by atoms with Crippen molar-refractivity contribution in [2.75, 3.05) is 6.23 Å². The summed E-state index contributed by atoms with van der Waals surface area (Å²) in [4.78, 5) is 0. The molecule has 0 bridgehead atoms. The lowest BCUT2D eigenvalue weighted by atomic mass is 11.7. The van der Waals surface area contributed by atoms with Gasteiger partial charge in [0.1, 0.15) is 9.28 Å². The summed E-state index contributed by atoms with van der Waals surface area (Å²) in [5.74, 6) is 0. The smallest absolute Gasteiger partial charge is 0.139 e. The van der Waals surface area contributed by atoms with Gasteiger partial charge in [0, 0.05) is 31.7 Å². The summed E-state index contributed by atoms with van der Waals surface area (Å²) in [6.45, 7) is 2.49. The van der Waals surface area contributed by atoms with Crippen molar-refractivity contribution < 1.29 is 4.43 Å². The van der Waals surface area contributed by atoms with Gasteiger partial charge in [-0.2, -0.15) is 0 Å². The molecule has 1 rings (SSSR count). The van der Waals surface area contributed by atoms with E-state index in [0.29, 0.717) is 17.1 Å². The fourth-order valence-corrected chi connectivity index (χ4v) is 45.5. The van der Waals surface area contributed by atoms with Crippen molar-refractivity contribution in [2.24, 2.45) is 0 Å². The van der Waals surface area contributed by atoms with Crippen LogP contribution >= 0.6 is 0 Å². The summed E-state index contributed by atoms with van der Waals surface area (Å²) in [7, 11) is 1.36. The van der Waals surface area contributed by atoms with Crippen molar-refractivity contribution in [1.29, 1.82) is 0 Å². The van der Waals surface area contributed by atoms with Gasteiger partial charge >= 0.3 is 0 Å². The van der Waals surface area contributed by atoms with Gasteiger partial charge in [0.2, 0.25) is 0 Å². The second-order valence-electron chi connectivity index (χ2n) is 2.32. The van der Waals surface area contributed by atoms with E-state index in [0.717, 1.165) is 0 Å². The molecule has 1 aliphatic heterocycles. The second-order valence-corrected chi connectivity index (χ2v) is 27.8. The maximum absolute atomic E-state index is 5.48. The van der Waals surface area contributed by atoms with Crippen molar-refractivity contribution in [2.45, 2.75) is 6.55 Å². The standard InChI is InChI=1S/C2H12OSi4/c1-7-2-3-4-5-6-7/h7H,2,4-6H2,1H3.